The Bertz CT molecular complexity index is 431. The number of ketones is 2. The number of carbonyl (C=O) groups is 2. The van der Waals surface area contributed by atoms with Crippen molar-refractivity contribution in [3.63, 3.8) is 0 Å². The van der Waals surface area contributed by atoms with Gasteiger partial charge in [0.25, 0.3) is 0 Å². The van der Waals surface area contributed by atoms with Crippen molar-refractivity contribution in [3.05, 3.63) is 34.9 Å². The van der Waals surface area contributed by atoms with Crippen LogP contribution in [0, 0.1) is 19.8 Å². The van der Waals surface area contributed by atoms with Crippen molar-refractivity contribution in [2.45, 2.75) is 40.5 Å². The van der Waals surface area contributed by atoms with Crippen LogP contribution in [0.2, 0.25) is 0 Å². The minimum Gasteiger partial charge on any atom is -0.299 e. The highest BCUT2D eigenvalue weighted by molar-refractivity contribution is 6.08. The van der Waals surface area contributed by atoms with Crippen LogP contribution in [0.1, 0.15) is 48.2 Å². The molecule has 0 aliphatic carbocycles. The molecular weight excluding hydrogens is 212 g/mol. The van der Waals surface area contributed by atoms with Gasteiger partial charge in [0.2, 0.25) is 0 Å². The molecule has 17 heavy (non-hydrogen) atoms. The number of hydrogen-bond acceptors (Lipinski definition) is 2. The Morgan fingerprint density at radius 3 is 2.35 bits per heavy atom. The molecule has 0 aliphatic heterocycles. The fourth-order valence-electron chi connectivity index (χ4n) is 1.93. The molecule has 0 saturated heterocycles. The monoisotopic (exact) mass is 232 g/mol. The maximum absolute atomic E-state index is 11.9. The molecule has 0 aromatic heterocycles. The minimum atomic E-state index is -0.0619. The van der Waals surface area contributed by atoms with Gasteiger partial charge in [0, 0.05) is 12.0 Å². The minimum absolute atomic E-state index is 0.0298. The maximum atomic E-state index is 11.9. The van der Waals surface area contributed by atoms with Crippen molar-refractivity contribution in [2.75, 3.05) is 0 Å². The van der Waals surface area contributed by atoms with Crippen LogP contribution < -0.4 is 0 Å². The van der Waals surface area contributed by atoms with Crippen molar-refractivity contribution in [2.24, 2.45) is 5.92 Å². The lowest BCUT2D eigenvalue weighted by Gasteiger charge is -2.06. The smallest absolute Gasteiger partial charge is 0.170 e. The molecule has 0 N–H and O–H groups in total. The second-order valence-corrected chi connectivity index (χ2v) is 5.05. The van der Waals surface area contributed by atoms with Crippen molar-refractivity contribution in [1.29, 1.82) is 0 Å². The van der Waals surface area contributed by atoms with Crippen LogP contribution >= 0.6 is 0 Å². The van der Waals surface area contributed by atoms with Crippen LogP contribution in [0.5, 0.6) is 0 Å². The number of hydrogen-bond donors (Lipinski definition) is 0. The van der Waals surface area contributed by atoms with E-state index in [2.05, 4.69) is 0 Å². The second-order valence-electron chi connectivity index (χ2n) is 5.05. The number of benzene rings is 1. The summed E-state index contributed by atoms with van der Waals surface area (Å²) in [7, 11) is 0. The van der Waals surface area contributed by atoms with Crippen LogP contribution in [0.15, 0.2) is 18.2 Å². The van der Waals surface area contributed by atoms with Gasteiger partial charge in [-0.3, -0.25) is 9.59 Å². The number of Topliss-reactive ketones (excluding diaryl/α,β-unsaturated/α-hetero) is 2. The Kier molecular flexibility index (Phi) is 4.62. The predicted octanol–water partition coefficient (Wildman–Crippen LogP) is 3.49. The summed E-state index contributed by atoms with van der Waals surface area (Å²) in [6.07, 6.45) is 0.513. The number of carbonyl (C=O) groups excluding carboxylic acids is 2. The molecule has 0 bridgehead atoms. The third kappa shape index (κ3) is 4.14. The van der Waals surface area contributed by atoms with Gasteiger partial charge in [-0.15, -0.1) is 0 Å². The number of aryl methyl sites for hydroxylation is 2. The molecule has 0 amide bonds. The molecule has 0 radical (unpaired) electrons. The molecule has 2 heteroatoms. The van der Waals surface area contributed by atoms with Crippen molar-refractivity contribution < 1.29 is 9.59 Å². The molecule has 0 saturated carbocycles. The quantitative estimate of drug-likeness (QED) is 0.575. The fraction of sp³-hybridized carbons (Fsp3) is 0.467. The van der Waals surface area contributed by atoms with Gasteiger partial charge in [0.15, 0.2) is 5.78 Å². The van der Waals surface area contributed by atoms with Crippen LogP contribution in [-0.2, 0) is 4.79 Å². The van der Waals surface area contributed by atoms with Gasteiger partial charge in [0.1, 0.15) is 5.78 Å². The summed E-state index contributed by atoms with van der Waals surface area (Å²) in [5.74, 6) is 0.285. The first-order valence-electron chi connectivity index (χ1n) is 6.02. The molecule has 2 nitrogen and oxygen atoms in total. The predicted molar refractivity (Wildman–Crippen MR) is 69.3 cm³/mol. The molecule has 0 fully saturated rings. The third-order valence-electron chi connectivity index (χ3n) is 2.68. The summed E-state index contributed by atoms with van der Waals surface area (Å²) >= 11 is 0. The highest BCUT2D eigenvalue weighted by Crippen LogP contribution is 2.14. The Balaban J connectivity index is 2.73. The molecule has 0 atom stereocenters. The van der Waals surface area contributed by atoms with E-state index >= 15 is 0 Å². The van der Waals surface area contributed by atoms with Crippen LogP contribution in [0.3, 0.4) is 0 Å². The average molecular weight is 232 g/mol. The standard InChI is InChI=1S/C15H20O2/c1-10(2)7-13(16)9-15(17)14-6-5-11(3)8-12(14)4/h5-6,8,10H,7,9H2,1-4H3. The lowest BCUT2D eigenvalue weighted by Crippen LogP contribution is -2.11. The lowest BCUT2D eigenvalue weighted by molar-refractivity contribution is -0.118. The normalized spacial score (nSPS) is 10.6. The summed E-state index contributed by atoms with van der Waals surface area (Å²) in [5, 5.41) is 0. The Morgan fingerprint density at radius 2 is 1.82 bits per heavy atom. The SMILES string of the molecule is Cc1ccc(C(=O)CC(=O)CC(C)C)c(C)c1. The van der Waals surface area contributed by atoms with Crippen molar-refractivity contribution >= 4 is 11.6 Å². The number of rotatable bonds is 5. The van der Waals surface area contributed by atoms with E-state index in [9.17, 15) is 9.59 Å². The molecule has 0 heterocycles. The molecular formula is C15H20O2. The van der Waals surface area contributed by atoms with E-state index in [1.165, 1.54) is 0 Å². The van der Waals surface area contributed by atoms with Gasteiger partial charge in [-0.05, 0) is 25.3 Å². The van der Waals surface area contributed by atoms with Gasteiger partial charge in [-0.2, -0.15) is 0 Å². The van der Waals surface area contributed by atoms with E-state index in [0.29, 0.717) is 17.9 Å². The summed E-state index contributed by atoms with van der Waals surface area (Å²) < 4.78 is 0. The highest BCUT2D eigenvalue weighted by Gasteiger charge is 2.14. The zero-order valence-corrected chi connectivity index (χ0v) is 11.0. The van der Waals surface area contributed by atoms with E-state index in [-0.39, 0.29) is 18.0 Å². The van der Waals surface area contributed by atoms with Crippen LogP contribution in [0.25, 0.3) is 0 Å². The van der Waals surface area contributed by atoms with Crippen molar-refractivity contribution in [3.8, 4) is 0 Å². The maximum Gasteiger partial charge on any atom is 0.170 e. The Labute approximate surface area is 103 Å². The van der Waals surface area contributed by atoms with E-state index < -0.39 is 0 Å². The second kappa shape index (κ2) is 5.76. The largest absolute Gasteiger partial charge is 0.299 e. The molecule has 1 aromatic carbocycles. The summed E-state index contributed by atoms with van der Waals surface area (Å²) in [4.78, 5) is 23.5. The van der Waals surface area contributed by atoms with Gasteiger partial charge < -0.3 is 0 Å². The summed E-state index contributed by atoms with van der Waals surface area (Å²) in [6, 6.07) is 5.70. The van der Waals surface area contributed by atoms with Gasteiger partial charge in [-0.25, -0.2) is 0 Å². The average Bonchev–Trinajstić information content (AvgIpc) is 2.15. The molecule has 92 valence electrons. The van der Waals surface area contributed by atoms with Gasteiger partial charge in [0.05, 0.1) is 6.42 Å². The Morgan fingerprint density at radius 1 is 1.18 bits per heavy atom. The van der Waals surface area contributed by atoms with Crippen LogP contribution in [0.4, 0.5) is 0 Å². The molecule has 1 aromatic rings. The summed E-state index contributed by atoms with van der Waals surface area (Å²) in [5.41, 5.74) is 2.76. The Hall–Kier alpha value is -1.44. The first-order valence-corrected chi connectivity index (χ1v) is 6.02. The van der Waals surface area contributed by atoms with E-state index in [4.69, 9.17) is 0 Å². The van der Waals surface area contributed by atoms with Gasteiger partial charge in [-0.1, -0.05) is 37.6 Å². The molecule has 0 unspecified atom stereocenters. The highest BCUT2D eigenvalue weighted by atomic mass is 16.1. The van der Waals surface area contributed by atoms with Crippen molar-refractivity contribution in [1.82, 2.24) is 0 Å². The third-order valence-corrected chi connectivity index (χ3v) is 2.68. The first-order chi connectivity index (χ1) is 7.90. The zero-order chi connectivity index (χ0) is 13.0. The van der Waals surface area contributed by atoms with Crippen LogP contribution in [-0.4, -0.2) is 11.6 Å². The molecule has 1 rings (SSSR count). The fourth-order valence-corrected chi connectivity index (χ4v) is 1.93. The molecule has 0 spiro atoms. The first kappa shape index (κ1) is 13.6. The zero-order valence-electron chi connectivity index (χ0n) is 11.0. The van der Waals surface area contributed by atoms with E-state index in [1.807, 2.05) is 45.9 Å². The lowest BCUT2D eigenvalue weighted by atomic mass is 9.96. The van der Waals surface area contributed by atoms with E-state index in [0.717, 1.165) is 11.1 Å². The summed E-state index contributed by atoms with van der Waals surface area (Å²) in [6.45, 7) is 7.87. The van der Waals surface area contributed by atoms with E-state index in [1.54, 1.807) is 0 Å². The van der Waals surface area contributed by atoms with Gasteiger partial charge >= 0.3 is 0 Å². The topological polar surface area (TPSA) is 34.1 Å². The molecule has 0 aliphatic rings.